The molecule has 0 saturated carbocycles. The number of hydrogen-bond donors (Lipinski definition) is 0. The van der Waals surface area contributed by atoms with Crippen LogP contribution in [0.1, 0.15) is 12.5 Å². The summed E-state index contributed by atoms with van der Waals surface area (Å²) in [5.41, 5.74) is 1.62. The van der Waals surface area contributed by atoms with E-state index in [0.717, 1.165) is 6.42 Å². The minimum Gasteiger partial charge on any atom is -0.462 e. The van der Waals surface area contributed by atoms with E-state index in [0.29, 0.717) is 25.4 Å². The first-order valence-electron chi connectivity index (χ1n) is 6.06. The van der Waals surface area contributed by atoms with Gasteiger partial charge in [0.05, 0.1) is 18.6 Å². The summed E-state index contributed by atoms with van der Waals surface area (Å²) in [5.74, 6) is -0.325. The normalized spacial score (nSPS) is 16.7. The number of carbonyl (C=O) groups is 1. The Morgan fingerprint density at radius 2 is 2.06 bits per heavy atom. The lowest BCUT2D eigenvalue weighted by molar-refractivity contribution is -0.166. The fraction of sp³-hybridized carbons (Fsp3) is 0.400. The zero-order chi connectivity index (χ0) is 13.0. The van der Waals surface area contributed by atoms with E-state index < -0.39 is 0 Å². The van der Waals surface area contributed by atoms with Crippen LogP contribution in [-0.2, 0) is 20.7 Å². The van der Waals surface area contributed by atoms with Crippen LogP contribution in [0.2, 0.25) is 0 Å². The molecule has 3 heteroatoms. The van der Waals surface area contributed by atoms with E-state index in [1.807, 2.05) is 18.2 Å². The Morgan fingerprint density at radius 1 is 1.39 bits per heavy atom. The summed E-state index contributed by atoms with van der Waals surface area (Å²) in [6.45, 7) is 6.92. The largest absolute Gasteiger partial charge is 0.462 e. The van der Waals surface area contributed by atoms with Crippen molar-refractivity contribution in [3.63, 3.8) is 0 Å². The molecule has 0 unspecified atom stereocenters. The minimum atomic E-state index is -0.325. The SMILES string of the molecule is C=C(C)C(=O)OCC1(Cc2ccccc2)COC1. The van der Waals surface area contributed by atoms with Crippen molar-refractivity contribution in [2.45, 2.75) is 13.3 Å². The van der Waals surface area contributed by atoms with Gasteiger partial charge in [0.2, 0.25) is 0 Å². The van der Waals surface area contributed by atoms with E-state index >= 15 is 0 Å². The van der Waals surface area contributed by atoms with Gasteiger partial charge >= 0.3 is 5.97 Å². The topological polar surface area (TPSA) is 35.5 Å². The second-order valence-corrected chi connectivity index (χ2v) is 5.01. The van der Waals surface area contributed by atoms with Gasteiger partial charge in [0, 0.05) is 5.57 Å². The van der Waals surface area contributed by atoms with Gasteiger partial charge in [-0.15, -0.1) is 0 Å². The average Bonchev–Trinajstić information content (AvgIpc) is 2.33. The van der Waals surface area contributed by atoms with Crippen molar-refractivity contribution in [2.24, 2.45) is 5.41 Å². The lowest BCUT2D eigenvalue weighted by Gasteiger charge is -2.41. The summed E-state index contributed by atoms with van der Waals surface area (Å²) in [5, 5.41) is 0. The molecule has 1 aliphatic heterocycles. The fourth-order valence-corrected chi connectivity index (χ4v) is 2.00. The number of esters is 1. The summed E-state index contributed by atoms with van der Waals surface area (Å²) in [4.78, 5) is 11.4. The second-order valence-electron chi connectivity index (χ2n) is 5.01. The Balaban J connectivity index is 1.94. The highest BCUT2D eigenvalue weighted by Crippen LogP contribution is 2.32. The molecule has 0 radical (unpaired) electrons. The van der Waals surface area contributed by atoms with Gasteiger partial charge in [0.15, 0.2) is 0 Å². The Morgan fingerprint density at radius 3 is 2.56 bits per heavy atom. The molecule has 1 aliphatic rings. The minimum absolute atomic E-state index is 0.0630. The van der Waals surface area contributed by atoms with E-state index in [-0.39, 0.29) is 11.4 Å². The predicted octanol–water partition coefficient (Wildman–Crippen LogP) is 2.37. The van der Waals surface area contributed by atoms with Gasteiger partial charge in [-0.3, -0.25) is 0 Å². The number of benzene rings is 1. The molecule has 3 nitrogen and oxygen atoms in total. The predicted molar refractivity (Wildman–Crippen MR) is 69.2 cm³/mol. The molecule has 1 fully saturated rings. The molecule has 0 bridgehead atoms. The standard InChI is InChI=1S/C15H18O3/c1-12(2)14(16)18-11-15(9-17-10-15)8-13-6-4-3-5-7-13/h3-7H,1,8-11H2,2H3. The van der Waals surface area contributed by atoms with Crippen molar-refractivity contribution in [1.29, 1.82) is 0 Å². The Bertz CT molecular complexity index is 432. The summed E-state index contributed by atoms with van der Waals surface area (Å²) in [6, 6.07) is 10.2. The maximum Gasteiger partial charge on any atom is 0.333 e. The molecular formula is C15H18O3. The van der Waals surface area contributed by atoms with Gasteiger partial charge in [-0.25, -0.2) is 4.79 Å². The van der Waals surface area contributed by atoms with Crippen LogP contribution in [-0.4, -0.2) is 25.8 Å². The number of carbonyl (C=O) groups excluding carboxylic acids is 1. The van der Waals surface area contributed by atoms with Crippen LogP contribution in [0.15, 0.2) is 42.5 Å². The van der Waals surface area contributed by atoms with E-state index in [1.54, 1.807) is 6.92 Å². The van der Waals surface area contributed by atoms with Crippen molar-refractivity contribution >= 4 is 5.97 Å². The smallest absolute Gasteiger partial charge is 0.333 e. The van der Waals surface area contributed by atoms with Crippen LogP contribution in [0.5, 0.6) is 0 Å². The molecule has 0 spiro atoms. The third-order valence-electron chi connectivity index (χ3n) is 3.10. The number of hydrogen-bond acceptors (Lipinski definition) is 3. The molecule has 1 aromatic rings. The first kappa shape index (κ1) is 12.8. The molecule has 0 amide bonds. The maximum absolute atomic E-state index is 11.4. The monoisotopic (exact) mass is 246 g/mol. The molecule has 1 heterocycles. The van der Waals surface area contributed by atoms with Crippen LogP contribution in [0.25, 0.3) is 0 Å². The van der Waals surface area contributed by atoms with Gasteiger partial charge in [-0.05, 0) is 18.9 Å². The highest BCUT2D eigenvalue weighted by Gasteiger charge is 2.40. The molecule has 0 atom stereocenters. The third-order valence-corrected chi connectivity index (χ3v) is 3.10. The number of ether oxygens (including phenoxy) is 2. The van der Waals surface area contributed by atoms with E-state index in [9.17, 15) is 4.79 Å². The first-order chi connectivity index (χ1) is 8.61. The summed E-state index contributed by atoms with van der Waals surface area (Å²) in [7, 11) is 0. The lowest BCUT2D eigenvalue weighted by atomic mass is 9.80. The Labute approximate surface area is 107 Å². The Kier molecular flexibility index (Phi) is 3.82. The maximum atomic E-state index is 11.4. The van der Waals surface area contributed by atoms with Crippen LogP contribution < -0.4 is 0 Å². The van der Waals surface area contributed by atoms with Gasteiger partial charge in [-0.1, -0.05) is 36.9 Å². The van der Waals surface area contributed by atoms with Crippen LogP contribution >= 0.6 is 0 Å². The molecule has 0 aromatic heterocycles. The van der Waals surface area contributed by atoms with E-state index in [4.69, 9.17) is 9.47 Å². The molecule has 1 aromatic carbocycles. The molecule has 1 saturated heterocycles. The average molecular weight is 246 g/mol. The molecule has 2 rings (SSSR count). The van der Waals surface area contributed by atoms with Crippen LogP contribution in [0.3, 0.4) is 0 Å². The van der Waals surface area contributed by atoms with Gasteiger partial charge in [0.25, 0.3) is 0 Å². The summed E-state index contributed by atoms with van der Waals surface area (Å²) >= 11 is 0. The molecular weight excluding hydrogens is 228 g/mol. The molecule has 18 heavy (non-hydrogen) atoms. The van der Waals surface area contributed by atoms with Gasteiger partial charge in [0.1, 0.15) is 6.61 Å². The quantitative estimate of drug-likeness (QED) is 0.591. The second kappa shape index (κ2) is 5.36. The van der Waals surface area contributed by atoms with Crippen molar-refractivity contribution in [2.75, 3.05) is 19.8 Å². The van der Waals surface area contributed by atoms with Crippen molar-refractivity contribution < 1.29 is 14.3 Å². The van der Waals surface area contributed by atoms with Crippen molar-refractivity contribution in [3.05, 3.63) is 48.0 Å². The lowest BCUT2D eigenvalue weighted by Crippen LogP contribution is -2.48. The Hall–Kier alpha value is -1.61. The van der Waals surface area contributed by atoms with E-state index in [2.05, 4.69) is 18.7 Å². The zero-order valence-electron chi connectivity index (χ0n) is 10.6. The number of rotatable bonds is 5. The van der Waals surface area contributed by atoms with Gasteiger partial charge < -0.3 is 9.47 Å². The van der Waals surface area contributed by atoms with Crippen molar-refractivity contribution in [3.8, 4) is 0 Å². The zero-order valence-corrected chi connectivity index (χ0v) is 10.6. The highest BCUT2D eigenvalue weighted by atomic mass is 16.5. The van der Waals surface area contributed by atoms with Gasteiger partial charge in [-0.2, -0.15) is 0 Å². The van der Waals surface area contributed by atoms with Crippen molar-refractivity contribution in [1.82, 2.24) is 0 Å². The van der Waals surface area contributed by atoms with Crippen LogP contribution in [0.4, 0.5) is 0 Å². The first-order valence-corrected chi connectivity index (χ1v) is 6.06. The molecule has 0 N–H and O–H groups in total. The third kappa shape index (κ3) is 2.99. The summed E-state index contributed by atoms with van der Waals surface area (Å²) < 4.78 is 10.6. The highest BCUT2D eigenvalue weighted by molar-refractivity contribution is 5.86. The fourth-order valence-electron chi connectivity index (χ4n) is 2.00. The van der Waals surface area contributed by atoms with E-state index in [1.165, 1.54) is 5.56 Å². The molecule has 96 valence electrons. The molecule has 0 aliphatic carbocycles. The summed E-state index contributed by atoms with van der Waals surface area (Å²) in [6.07, 6.45) is 0.872. The van der Waals surface area contributed by atoms with Crippen LogP contribution in [0, 0.1) is 5.41 Å².